The Morgan fingerprint density at radius 1 is 1.07 bits per heavy atom. The molecule has 0 unspecified atom stereocenters. The van der Waals surface area contributed by atoms with Crippen LogP contribution in [0.15, 0.2) is 59.6 Å². The first-order chi connectivity index (χ1) is 13.4. The Morgan fingerprint density at radius 2 is 1.79 bits per heavy atom. The molecule has 142 valence electrons. The molecule has 4 nitrogen and oxygen atoms in total. The van der Waals surface area contributed by atoms with Crippen molar-refractivity contribution in [1.29, 1.82) is 0 Å². The Balaban J connectivity index is 1.66. The SMILES string of the molecule is CC(C)n1cc(/C=C2/SC(=O)N(Cc3ccc(F)cc3)C2=O)c2ccccc21. The van der Waals surface area contributed by atoms with Gasteiger partial charge >= 0.3 is 0 Å². The van der Waals surface area contributed by atoms with Gasteiger partial charge in [-0.1, -0.05) is 30.3 Å². The average molecular weight is 394 g/mol. The number of rotatable bonds is 4. The Kier molecular flexibility index (Phi) is 4.81. The first-order valence-electron chi connectivity index (χ1n) is 9.03. The van der Waals surface area contributed by atoms with Gasteiger partial charge in [0, 0.05) is 28.7 Å². The lowest BCUT2D eigenvalue weighted by atomic mass is 10.1. The molecule has 28 heavy (non-hydrogen) atoms. The average Bonchev–Trinajstić information content (AvgIpc) is 3.17. The zero-order valence-electron chi connectivity index (χ0n) is 15.6. The van der Waals surface area contributed by atoms with Gasteiger partial charge in [-0.15, -0.1) is 0 Å². The smallest absolute Gasteiger partial charge is 0.293 e. The fourth-order valence-corrected chi connectivity index (χ4v) is 4.15. The topological polar surface area (TPSA) is 42.3 Å². The van der Waals surface area contributed by atoms with Crippen LogP contribution < -0.4 is 0 Å². The summed E-state index contributed by atoms with van der Waals surface area (Å²) in [4.78, 5) is 26.8. The molecule has 0 spiro atoms. The minimum absolute atomic E-state index is 0.135. The highest BCUT2D eigenvalue weighted by atomic mass is 32.2. The molecule has 3 aromatic rings. The van der Waals surface area contributed by atoms with E-state index in [-0.39, 0.29) is 29.6 Å². The first kappa shape index (κ1) is 18.5. The number of carbonyl (C=O) groups excluding carboxylic acids is 2. The van der Waals surface area contributed by atoms with E-state index < -0.39 is 0 Å². The van der Waals surface area contributed by atoms with Crippen LogP contribution in [0.2, 0.25) is 0 Å². The van der Waals surface area contributed by atoms with E-state index in [4.69, 9.17) is 0 Å². The predicted molar refractivity (Wildman–Crippen MR) is 110 cm³/mol. The maximum Gasteiger partial charge on any atom is 0.293 e. The Bertz CT molecular complexity index is 1100. The predicted octanol–water partition coefficient (Wildman–Crippen LogP) is 5.60. The quantitative estimate of drug-likeness (QED) is 0.541. The van der Waals surface area contributed by atoms with Gasteiger partial charge in [0.2, 0.25) is 0 Å². The third-order valence-electron chi connectivity index (χ3n) is 4.74. The van der Waals surface area contributed by atoms with Crippen LogP contribution in [-0.2, 0) is 11.3 Å². The number of benzene rings is 2. The summed E-state index contributed by atoms with van der Waals surface area (Å²) in [5.41, 5.74) is 2.72. The van der Waals surface area contributed by atoms with Crippen LogP contribution in [0.4, 0.5) is 9.18 Å². The van der Waals surface area contributed by atoms with Crippen molar-refractivity contribution in [2.75, 3.05) is 0 Å². The zero-order valence-corrected chi connectivity index (χ0v) is 16.4. The molecule has 0 aliphatic carbocycles. The van der Waals surface area contributed by atoms with Gasteiger partial charge in [0.25, 0.3) is 11.1 Å². The molecule has 1 saturated heterocycles. The molecule has 1 aliphatic heterocycles. The van der Waals surface area contributed by atoms with Gasteiger partial charge in [-0.3, -0.25) is 14.5 Å². The van der Waals surface area contributed by atoms with Crippen molar-refractivity contribution in [2.45, 2.75) is 26.4 Å². The standard InChI is InChI=1S/C22H19FN2O2S/c1-14(2)24-13-16(18-5-3-4-6-19(18)24)11-20-21(26)25(22(27)28-20)12-15-7-9-17(23)10-8-15/h3-11,13-14H,12H2,1-2H3/b20-11+. The molecule has 4 rings (SSSR count). The summed E-state index contributed by atoms with van der Waals surface area (Å²) in [6, 6.07) is 14.1. The van der Waals surface area contributed by atoms with Crippen molar-refractivity contribution in [3.05, 3.63) is 76.6 Å². The fraction of sp³-hybridized carbons (Fsp3) is 0.182. The lowest BCUT2D eigenvalue weighted by Crippen LogP contribution is -2.27. The normalized spacial score (nSPS) is 16.1. The summed E-state index contributed by atoms with van der Waals surface area (Å²) < 4.78 is 15.2. The fourth-order valence-electron chi connectivity index (χ4n) is 3.32. The number of hydrogen-bond acceptors (Lipinski definition) is 3. The largest absolute Gasteiger partial charge is 0.344 e. The number of para-hydroxylation sites is 1. The van der Waals surface area contributed by atoms with Crippen LogP contribution in [0.1, 0.15) is 31.0 Å². The zero-order chi connectivity index (χ0) is 19.8. The number of fused-ring (bicyclic) bond motifs is 1. The van der Waals surface area contributed by atoms with Crippen LogP contribution in [-0.4, -0.2) is 20.6 Å². The second kappa shape index (κ2) is 7.28. The molecule has 2 aromatic carbocycles. The van der Waals surface area contributed by atoms with Crippen LogP contribution in [0.3, 0.4) is 0 Å². The lowest BCUT2D eigenvalue weighted by molar-refractivity contribution is -0.123. The van der Waals surface area contributed by atoms with Crippen molar-refractivity contribution in [3.8, 4) is 0 Å². The monoisotopic (exact) mass is 394 g/mol. The molecule has 1 aromatic heterocycles. The maximum absolute atomic E-state index is 13.1. The van der Waals surface area contributed by atoms with E-state index in [2.05, 4.69) is 18.4 Å². The van der Waals surface area contributed by atoms with Crippen molar-refractivity contribution in [1.82, 2.24) is 9.47 Å². The molecule has 0 N–H and O–H groups in total. The second-order valence-electron chi connectivity index (χ2n) is 7.00. The summed E-state index contributed by atoms with van der Waals surface area (Å²) in [6.07, 6.45) is 3.81. The molecule has 2 amide bonds. The van der Waals surface area contributed by atoms with Crippen LogP contribution in [0.5, 0.6) is 0 Å². The van der Waals surface area contributed by atoms with Crippen LogP contribution in [0, 0.1) is 5.82 Å². The molecular formula is C22H19FN2O2S. The van der Waals surface area contributed by atoms with Gasteiger partial charge in [-0.05, 0) is 55.4 Å². The van der Waals surface area contributed by atoms with E-state index in [1.165, 1.54) is 17.0 Å². The molecule has 6 heteroatoms. The summed E-state index contributed by atoms with van der Waals surface area (Å²) in [7, 11) is 0. The molecule has 1 fully saturated rings. The molecule has 0 atom stereocenters. The van der Waals surface area contributed by atoms with E-state index in [1.54, 1.807) is 18.2 Å². The van der Waals surface area contributed by atoms with Crippen LogP contribution >= 0.6 is 11.8 Å². The molecule has 2 heterocycles. The van der Waals surface area contributed by atoms with Crippen molar-refractivity contribution in [3.63, 3.8) is 0 Å². The van der Waals surface area contributed by atoms with Crippen molar-refractivity contribution >= 4 is 39.9 Å². The maximum atomic E-state index is 13.1. The summed E-state index contributed by atoms with van der Waals surface area (Å²) in [5, 5.41) is 0.731. The third-order valence-corrected chi connectivity index (χ3v) is 5.65. The van der Waals surface area contributed by atoms with Gasteiger partial charge in [-0.2, -0.15) is 0 Å². The molecular weight excluding hydrogens is 375 g/mol. The molecule has 0 radical (unpaired) electrons. The van der Waals surface area contributed by atoms with E-state index >= 15 is 0 Å². The van der Waals surface area contributed by atoms with Gasteiger partial charge in [0.1, 0.15) is 5.82 Å². The number of thioether (sulfide) groups is 1. The van der Waals surface area contributed by atoms with Gasteiger partial charge in [0.15, 0.2) is 0 Å². The highest BCUT2D eigenvalue weighted by Crippen LogP contribution is 2.35. The second-order valence-corrected chi connectivity index (χ2v) is 7.99. The highest BCUT2D eigenvalue weighted by molar-refractivity contribution is 8.18. The number of halogens is 1. The summed E-state index contributed by atoms with van der Waals surface area (Å²) in [5.74, 6) is -0.667. The third kappa shape index (κ3) is 3.36. The summed E-state index contributed by atoms with van der Waals surface area (Å²) in [6.45, 7) is 4.34. The Labute approximate surface area is 166 Å². The number of hydrogen-bond donors (Lipinski definition) is 0. The van der Waals surface area contributed by atoms with E-state index in [9.17, 15) is 14.0 Å². The van der Waals surface area contributed by atoms with E-state index in [1.807, 2.05) is 30.5 Å². The number of aromatic nitrogens is 1. The number of carbonyl (C=O) groups is 2. The highest BCUT2D eigenvalue weighted by Gasteiger charge is 2.35. The number of nitrogens with zero attached hydrogens (tertiary/aromatic N) is 2. The minimum atomic E-state index is -0.348. The Morgan fingerprint density at radius 3 is 2.50 bits per heavy atom. The Hall–Kier alpha value is -2.86. The van der Waals surface area contributed by atoms with Gasteiger partial charge in [-0.25, -0.2) is 4.39 Å². The molecule has 0 bridgehead atoms. The minimum Gasteiger partial charge on any atom is -0.344 e. The van der Waals surface area contributed by atoms with E-state index in [0.717, 1.165) is 28.2 Å². The lowest BCUT2D eigenvalue weighted by Gasteiger charge is -2.12. The van der Waals surface area contributed by atoms with Crippen molar-refractivity contribution in [2.24, 2.45) is 0 Å². The molecule has 1 aliphatic rings. The first-order valence-corrected chi connectivity index (χ1v) is 9.85. The summed E-state index contributed by atoms with van der Waals surface area (Å²) >= 11 is 0.940. The molecule has 0 saturated carbocycles. The number of amides is 2. The van der Waals surface area contributed by atoms with Crippen LogP contribution in [0.25, 0.3) is 17.0 Å². The van der Waals surface area contributed by atoms with E-state index in [0.29, 0.717) is 10.5 Å². The van der Waals surface area contributed by atoms with Gasteiger partial charge in [0.05, 0.1) is 11.4 Å². The van der Waals surface area contributed by atoms with Gasteiger partial charge < -0.3 is 4.57 Å². The van der Waals surface area contributed by atoms with Crippen molar-refractivity contribution < 1.29 is 14.0 Å². The number of imide groups is 1.